The molecule has 24 nitrogen and oxygen atoms in total. The second-order valence-electron chi connectivity index (χ2n) is 15.5. The highest BCUT2D eigenvalue weighted by molar-refractivity contribution is 6.07. The molecule has 4 heterocycles. The smallest absolute Gasteiger partial charge is 0.229 e. The molecule has 20 unspecified atom stereocenters. The molecular formula is C38H54O24. The Kier molecular flexibility index (Phi) is 15.6. The summed E-state index contributed by atoms with van der Waals surface area (Å²) in [7, 11) is 1.36. The van der Waals surface area contributed by atoms with Crippen LogP contribution in [0.25, 0.3) is 10.8 Å². The van der Waals surface area contributed by atoms with E-state index in [4.69, 9.17) is 42.6 Å². The Labute approximate surface area is 352 Å². The molecule has 0 saturated carbocycles. The molecule has 0 bridgehead atoms. The first-order chi connectivity index (χ1) is 29.3. The number of Topliss-reactive ketones (excluding diaryl/α,β-unsaturated/α-hetero) is 1. The molecule has 4 aliphatic heterocycles. The number of phenols is 1. The number of hydrogen-bond acceptors (Lipinski definition) is 24. The summed E-state index contributed by atoms with van der Waals surface area (Å²) in [4.78, 5) is 12.4. The lowest BCUT2D eigenvalue weighted by Gasteiger charge is -2.46. The molecule has 4 aliphatic rings. The van der Waals surface area contributed by atoms with Gasteiger partial charge in [-0.15, -0.1) is 0 Å². The monoisotopic (exact) mass is 894 g/mol. The Morgan fingerprint density at radius 3 is 1.60 bits per heavy atom. The van der Waals surface area contributed by atoms with Crippen LogP contribution in [0.4, 0.5) is 0 Å². The zero-order valence-electron chi connectivity index (χ0n) is 33.5. The quantitative estimate of drug-likeness (QED) is 0.0784. The Balaban J connectivity index is 1.15. The number of fused-ring (bicyclic) bond motifs is 1. The van der Waals surface area contributed by atoms with Crippen molar-refractivity contribution in [3.63, 3.8) is 0 Å². The lowest BCUT2D eigenvalue weighted by atomic mass is 9.96. The predicted molar refractivity (Wildman–Crippen MR) is 199 cm³/mol. The molecule has 62 heavy (non-hydrogen) atoms. The van der Waals surface area contributed by atoms with Gasteiger partial charge < -0.3 is 114 Å². The number of benzene rings is 2. The van der Waals surface area contributed by atoms with Gasteiger partial charge in [-0.2, -0.15) is 0 Å². The maximum absolute atomic E-state index is 12.4. The molecule has 2 aromatic carbocycles. The van der Waals surface area contributed by atoms with Gasteiger partial charge in [0.25, 0.3) is 0 Å². The van der Waals surface area contributed by atoms with Crippen molar-refractivity contribution in [2.75, 3.05) is 33.5 Å². The van der Waals surface area contributed by atoms with Crippen molar-refractivity contribution in [3.8, 4) is 17.2 Å². The van der Waals surface area contributed by atoms with Crippen molar-refractivity contribution < 1.29 is 119 Å². The molecular weight excluding hydrogens is 840 g/mol. The van der Waals surface area contributed by atoms with E-state index in [1.54, 1.807) is 19.1 Å². The number of phenolic OH excluding ortho intramolecular Hbond substituents is 1. The fraction of sp³-hybridized carbons (Fsp3) is 0.711. The van der Waals surface area contributed by atoms with Gasteiger partial charge in [0.1, 0.15) is 115 Å². The first-order valence-electron chi connectivity index (χ1n) is 19.6. The summed E-state index contributed by atoms with van der Waals surface area (Å²) in [5.74, 6) is -0.801. The van der Waals surface area contributed by atoms with E-state index in [9.17, 15) is 76.3 Å². The van der Waals surface area contributed by atoms with Crippen molar-refractivity contribution >= 4 is 16.6 Å². The number of hydrogen-bond donors (Lipinski definition) is 14. The average Bonchev–Trinajstić information content (AvgIpc) is 3.24. The second kappa shape index (κ2) is 20.0. The van der Waals surface area contributed by atoms with Crippen LogP contribution in [0.2, 0.25) is 0 Å². The van der Waals surface area contributed by atoms with E-state index in [0.29, 0.717) is 10.9 Å². The van der Waals surface area contributed by atoms with Crippen LogP contribution in [-0.4, -0.2) is 234 Å². The maximum atomic E-state index is 12.4. The number of aromatic hydroxyl groups is 1. The van der Waals surface area contributed by atoms with Crippen LogP contribution in [0, 0.1) is 6.92 Å². The minimum Gasteiger partial charge on any atom is -0.506 e. The number of carbonyl (C=O) groups is 1. The van der Waals surface area contributed by atoms with Gasteiger partial charge in [-0.1, -0.05) is 6.07 Å². The second-order valence-corrected chi connectivity index (χ2v) is 15.5. The van der Waals surface area contributed by atoms with E-state index < -0.39 is 161 Å². The van der Waals surface area contributed by atoms with E-state index in [-0.39, 0.29) is 22.4 Å². The van der Waals surface area contributed by atoms with E-state index in [1.165, 1.54) is 20.1 Å². The highest BCUT2D eigenvalue weighted by Gasteiger charge is 2.53. The van der Waals surface area contributed by atoms with Crippen molar-refractivity contribution in [3.05, 3.63) is 29.3 Å². The highest BCUT2D eigenvalue weighted by Crippen LogP contribution is 2.42. The van der Waals surface area contributed by atoms with Crippen molar-refractivity contribution in [1.82, 2.24) is 0 Å². The van der Waals surface area contributed by atoms with Gasteiger partial charge in [-0.3, -0.25) is 4.79 Å². The van der Waals surface area contributed by atoms with Crippen molar-refractivity contribution in [2.24, 2.45) is 0 Å². The number of carbonyl (C=O) groups excluding carboxylic acids is 1. The number of ketones is 1. The number of rotatable bonds is 14. The first-order valence-corrected chi connectivity index (χ1v) is 19.6. The summed E-state index contributed by atoms with van der Waals surface area (Å²) in [6, 6.07) is 4.49. The van der Waals surface area contributed by atoms with Gasteiger partial charge in [0.2, 0.25) is 6.29 Å². The topological polar surface area (TPSA) is 383 Å². The lowest BCUT2D eigenvalue weighted by Crippen LogP contribution is -2.65. The molecule has 4 fully saturated rings. The van der Waals surface area contributed by atoms with E-state index in [0.717, 1.165) is 0 Å². The van der Waals surface area contributed by atoms with Gasteiger partial charge in [-0.05, 0) is 30.9 Å². The molecule has 2 aromatic rings. The van der Waals surface area contributed by atoms with Crippen LogP contribution in [0.3, 0.4) is 0 Å². The highest BCUT2D eigenvalue weighted by atomic mass is 16.8. The molecule has 0 aromatic heterocycles. The van der Waals surface area contributed by atoms with Gasteiger partial charge in [0.05, 0.1) is 44.5 Å². The molecule has 14 N–H and O–H groups in total. The fourth-order valence-corrected chi connectivity index (χ4v) is 7.78. The number of aliphatic hydroxyl groups is 13. The summed E-state index contributed by atoms with van der Waals surface area (Å²) < 4.78 is 50.3. The average molecular weight is 895 g/mol. The van der Waals surface area contributed by atoms with Crippen LogP contribution >= 0.6 is 0 Å². The summed E-state index contributed by atoms with van der Waals surface area (Å²) in [6.45, 7) is -0.251. The maximum Gasteiger partial charge on any atom is 0.229 e. The Hall–Kier alpha value is -3.03. The van der Waals surface area contributed by atoms with Crippen LogP contribution < -0.4 is 9.47 Å². The standard InChI is InChI=1S/C38H54O24/c1-11-4-13-5-14(54-3)6-15(21(13)26(46)20(11)12(2)41)57-37-31(51)28(48)23(43)18(60-37)10-56-36-33(53)34(25(45)17(8-40)59-36)62-38-32(52)29(49)24(44)19(61-38)9-55-35-30(50)27(47)22(42)16(7-39)58-35/h4-6,16-19,22-25,27-40,42-53H,7-10H2,1-3H3. The van der Waals surface area contributed by atoms with E-state index >= 15 is 0 Å². The summed E-state index contributed by atoms with van der Waals surface area (Å²) in [5.41, 5.74) is 0.447. The third-order valence-corrected chi connectivity index (χ3v) is 11.3. The number of aryl methyl sites for hydroxylation is 1. The van der Waals surface area contributed by atoms with Gasteiger partial charge in [0.15, 0.2) is 24.7 Å². The predicted octanol–water partition coefficient (Wildman–Crippen LogP) is -6.28. The molecule has 0 spiro atoms. The molecule has 6 rings (SSSR count). The molecule has 350 valence electrons. The lowest BCUT2D eigenvalue weighted by molar-refractivity contribution is -0.369. The van der Waals surface area contributed by atoms with Crippen LogP contribution in [0.1, 0.15) is 22.8 Å². The molecule has 4 saturated heterocycles. The normalized spacial score (nSPS) is 41.5. The summed E-state index contributed by atoms with van der Waals surface area (Å²) in [5, 5.41) is 149. The first kappa shape index (κ1) is 48.4. The minimum atomic E-state index is -2.04. The van der Waals surface area contributed by atoms with Crippen molar-refractivity contribution in [2.45, 2.75) is 137 Å². The number of ether oxygens (including phenoxy) is 9. The summed E-state index contributed by atoms with van der Waals surface area (Å²) in [6.07, 6.45) is -36.0. The van der Waals surface area contributed by atoms with E-state index in [1.807, 2.05) is 0 Å². The zero-order valence-corrected chi connectivity index (χ0v) is 33.5. The van der Waals surface area contributed by atoms with Gasteiger partial charge in [-0.25, -0.2) is 0 Å². The van der Waals surface area contributed by atoms with Gasteiger partial charge in [0, 0.05) is 6.07 Å². The Morgan fingerprint density at radius 2 is 1.06 bits per heavy atom. The van der Waals surface area contributed by atoms with Crippen LogP contribution in [0.15, 0.2) is 18.2 Å². The molecule has 0 radical (unpaired) electrons. The zero-order chi connectivity index (χ0) is 45.5. The molecule has 24 heteroatoms. The number of aliphatic hydroxyl groups excluding tert-OH is 13. The minimum absolute atomic E-state index is 0.00187. The fourth-order valence-electron chi connectivity index (χ4n) is 7.78. The third-order valence-electron chi connectivity index (χ3n) is 11.3. The number of methoxy groups -OCH3 is 1. The molecule has 20 atom stereocenters. The Bertz CT molecular complexity index is 1830. The van der Waals surface area contributed by atoms with Crippen molar-refractivity contribution in [1.29, 1.82) is 0 Å². The van der Waals surface area contributed by atoms with Crippen LogP contribution in [0.5, 0.6) is 17.2 Å². The Morgan fingerprint density at radius 1 is 0.597 bits per heavy atom. The largest absolute Gasteiger partial charge is 0.506 e. The third kappa shape index (κ3) is 9.51. The SMILES string of the molecule is COc1cc(OC2OC(COC3OC(CO)C(O)C(OC4OC(COC5OC(CO)C(O)C(O)C5O)C(O)C(O)C4O)C3O)C(O)C(O)C2O)c2c(O)c(C(C)=O)c(C)cc2c1. The molecule has 0 aliphatic carbocycles. The van der Waals surface area contributed by atoms with E-state index in [2.05, 4.69) is 0 Å². The molecule has 0 amide bonds. The van der Waals surface area contributed by atoms with Crippen LogP contribution in [-0.2, 0) is 33.2 Å². The summed E-state index contributed by atoms with van der Waals surface area (Å²) >= 11 is 0. The van der Waals surface area contributed by atoms with Gasteiger partial charge >= 0.3 is 0 Å².